The molecule has 0 spiro atoms. The average molecular weight is 372 g/mol. The van der Waals surface area contributed by atoms with Gasteiger partial charge >= 0.3 is 5.97 Å². The number of unbranched alkanes of at least 4 members (excludes halogenated alkanes) is 13. The summed E-state index contributed by atoms with van der Waals surface area (Å²) >= 11 is 0. The minimum atomic E-state index is -0.144. The van der Waals surface area contributed by atoms with E-state index in [0.29, 0.717) is 13.0 Å². The lowest BCUT2D eigenvalue weighted by atomic mass is 10.0. The molecule has 0 amide bonds. The Morgan fingerprint density at radius 1 is 0.769 bits per heavy atom. The maximum absolute atomic E-state index is 11.1. The molecule has 0 saturated carbocycles. The van der Waals surface area contributed by atoms with Gasteiger partial charge in [-0.2, -0.15) is 5.43 Å². The van der Waals surface area contributed by atoms with Gasteiger partial charge in [0.05, 0.1) is 40.7 Å². The summed E-state index contributed by atoms with van der Waals surface area (Å²) < 4.78 is 5.44. The molecule has 0 aromatic heterocycles. The number of rotatable bonds is 19. The molecule has 0 saturated heterocycles. The van der Waals surface area contributed by atoms with Gasteiger partial charge in [0, 0.05) is 0 Å². The van der Waals surface area contributed by atoms with E-state index in [0.717, 1.165) is 11.1 Å². The van der Waals surface area contributed by atoms with Gasteiger partial charge in [-0.15, -0.1) is 0 Å². The molecule has 4 heteroatoms. The van der Waals surface area contributed by atoms with Crippen molar-refractivity contribution >= 4 is 5.97 Å². The second-order valence-corrected chi connectivity index (χ2v) is 8.24. The molecule has 0 aromatic rings. The molecular weight excluding hydrogens is 324 g/mol. The third-order valence-electron chi connectivity index (χ3n) is 5.17. The number of hydrogen-bond donors (Lipinski definition) is 1. The smallest absolute Gasteiger partial charge is 0.307 e. The van der Waals surface area contributed by atoms with Gasteiger partial charge in [-0.05, 0) is 12.8 Å². The Kier molecular flexibility index (Phi) is 17.4. The lowest BCUT2D eigenvalue weighted by Gasteiger charge is -2.29. The predicted octanol–water partition coefficient (Wildman–Crippen LogP) is 5.61. The Morgan fingerprint density at radius 2 is 1.19 bits per heavy atom. The van der Waals surface area contributed by atoms with Crippen molar-refractivity contribution in [1.82, 2.24) is 5.43 Å². The van der Waals surface area contributed by atoms with Gasteiger partial charge in [0.25, 0.3) is 0 Å². The maximum Gasteiger partial charge on any atom is 0.307 e. The minimum absolute atomic E-state index is 0.144. The van der Waals surface area contributed by atoms with Gasteiger partial charge in [-0.1, -0.05) is 84.0 Å². The molecule has 0 aliphatic rings. The second-order valence-electron chi connectivity index (χ2n) is 8.24. The minimum Gasteiger partial charge on any atom is -0.469 e. The highest BCUT2D eigenvalue weighted by Crippen LogP contribution is 2.13. The average Bonchev–Trinajstić information content (AvgIpc) is 2.61. The fourth-order valence-corrected chi connectivity index (χ4v) is 3.34. The van der Waals surface area contributed by atoms with Crippen molar-refractivity contribution in [2.75, 3.05) is 34.3 Å². The molecule has 0 fully saturated rings. The molecule has 1 N–H and O–H groups in total. The molecule has 0 aliphatic carbocycles. The van der Waals surface area contributed by atoms with Crippen LogP contribution in [-0.2, 0) is 9.53 Å². The van der Waals surface area contributed by atoms with Crippen molar-refractivity contribution in [2.24, 2.45) is 0 Å². The lowest BCUT2D eigenvalue weighted by Crippen LogP contribution is -2.52. The van der Waals surface area contributed by atoms with Crippen LogP contribution in [-0.4, -0.2) is 44.9 Å². The van der Waals surface area contributed by atoms with Crippen LogP contribution < -0.4 is 5.43 Å². The number of carbonyl (C=O) groups excluding carboxylic acids is 1. The van der Waals surface area contributed by atoms with Crippen molar-refractivity contribution in [3.05, 3.63) is 0 Å². The highest BCUT2D eigenvalue weighted by molar-refractivity contribution is 5.69. The summed E-state index contributed by atoms with van der Waals surface area (Å²) in [7, 11) is 5.77. The summed E-state index contributed by atoms with van der Waals surface area (Å²) in [6, 6.07) is 0. The van der Waals surface area contributed by atoms with Gasteiger partial charge in [0.1, 0.15) is 0 Å². The van der Waals surface area contributed by atoms with Crippen molar-refractivity contribution < 1.29 is 14.1 Å². The molecule has 156 valence electrons. The van der Waals surface area contributed by atoms with Crippen LogP contribution in [0.1, 0.15) is 103 Å². The molecule has 0 aromatic carbocycles. The van der Waals surface area contributed by atoms with Crippen LogP contribution in [0.2, 0.25) is 0 Å². The first-order valence-electron chi connectivity index (χ1n) is 11.2. The van der Waals surface area contributed by atoms with E-state index in [1.807, 2.05) is 0 Å². The lowest BCUT2D eigenvalue weighted by molar-refractivity contribution is -0.934. The number of quaternary nitrogens is 1. The van der Waals surface area contributed by atoms with Crippen LogP contribution in [0.15, 0.2) is 0 Å². The third-order valence-corrected chi connectivity index (χ3v) is 5.17. The van der Waals surface area contributed by atoms with Gasteiger partial charge in [0.15, 0.2) is 0 Å². The standard InChI is InChI=1S/C22H47N2O2/c1-5-6-7-8-9-10-11-12-13-14-15-16-17-18-21-24(2,3)23-20-19-22(25)26-4/h23H,5-21H2,1-4H3/q+1. The Balaban J connectivity index is 3.30. The first-order valence-corrected chi connectivity index (χ1v) is 11.2. The second kappa shape index (κ2) is 17.8. The molecule has 0 atom stereocenters. The van der Waals surface area contributed by atoms with E-state index in [1.54, 1.807) is 0 Å². The van der Waals surface area contributed by atoms with Crippen molar-refractivity contribution in [3.63, 3.8) is 0 Å². The van der Waals surface area contributed by atoms with Gasteiger partial charge in [-0.25, -0.2) is 0 Å². The van der Waals surface area contributed by atoms with E-state index in [4.69, 9.17) is 0 Å². The van der Waals surface area contributed by atoms with Crippen molar-refractivity contribution in [3.8, 4) is 0 Å². The molecule has 0 rings (SSSR count). The number of ether oxygens (including phenoxy) is 1. The fraction of sp³-hybridized carbons (Fsp3) is 0.955. The van der Waals surface area contributed by atoms with E-state index in [2.05, 4.69) is 31.2 Å². The first-order chi connectivity index (χ1) is 12.5. The number of hydrogen-bond acceptors (Lipinski definition) is 3. The summed E-state index contributed by atoms with van der Waals surface area (Å²) in [5.74, 6) is -0.144. The van der Waals surface area contributed by atoms with E-state index >= 15 is 0 Å². The summed E-state index contributed by atoms with van der Waals surface area (Å²) in [5, 5.41) is 0. The fourth-order valence-electron chi connectivity index (χ4n) is 3.34. The summed E-state index contributed by atoms with van der Waals surface area (Å²) in [6.45, 7) is 4.07. The van der Waals surface area contributed by atoms with Gasteiger partial charge in [0.2, 0.25) is 0 Å². The SMILES string of the molecule is CCCCCCCCCCCCCCCC[N+](C)(C)NCCC(=O)OC. The Hall–Kier alpha value is -0.610. The number of carbonyl (C=O) groups is 1. The number of nitrogens with zero attached hydrogens (tertiary/aromatic N) is 1. The molecule has 0 aliphatic heterocycles. The van der Waals surface area contributed by atoms with Crippen molar-refractivity contribution in [2.45, 2.75) is 103 Å². The Labute approximate surface area is 163 Å². The Morgan fingerprint density at radius 3 is 1.62 bits per heavy atom. The highest BCUT2D eigenvalue weighted by Gasteiger charge is 2.14. The van der Waals surface area contributed by atoms with Crippen molar-refractivity contribution in [1.29, 1.82) is 0 Å². The maximum atomic E-state index is 11.1. The zero-order valence-electron chi connectivity index (χ0n) is 18.3. The van der Waals surface area contributed by atoms with E-state index in [-0.39, 0.29) is 5.97 Å². The molecular formula is C22H47N2O2+. The molecule has 0 radical (unpaired) electrons. The molecule has 4 nitrogen and oxygen atoms in total. The number of nitrogens with one attached hydrogen (secondary N) is 1. The topological polar surface area (TPSA) is 38.3 Å². The molecule has 0 heterocycles. The largest absolute Gasteiger partial charge is 0.469 e. The third kappa shape index (κ3) is 18.2. The molecule has 0 unspecified atom stereocenters. The Bertz CT molecular complexity index is 319. The highest BCUT2D eigenvalue weighted by atomic mass is 16.5. The van der Waals surface area contributed by atoms with Crippen LogP contribution in [0.5, 0.6) is 0 Å². The molecule has 26 heavy (non-hydrogen) atoms. The van der Waals surface area contributed by atoms with Crippen LogP contribution in [0.4, 0.5) is 0 Å². The van der Waals surface area contributed by atoms with E-state index in [1.165, 1.54) is 97.0 Å². The number of methoxy groups -OCH3 is 1. The normalized spacial score (nSPS) is 11.7. The predicted molar refractivity (Wildman–Crippen MR) is 112 cm³/mol. The van der Waals surface area contributed by atoms with E-state index in [9.17, 15) is 4.79 Å². The van der Waals surface area contributed by atoms with Gasteiger partial charge in [-0.3, -0.25) is 9.39 Å². The summed E-state index contributed by atoms with van der Waals surface area (Å²) in [5.41, 5.74) is 3.41. The van der Waals surface area contributed by atoms with E-state index < -0.39 is 0 Å². The summed E-state index contributed by atoms with van der Waals surface area (Å²) in [4.78, 5) is 11.1. The van der Waals surface area contributed by atoms with Crippen LogP contribution in [0.3, 0.4) is 0 Å². The van der Waals surface area contributed by atoms with Crippen LogP contribution in [0.25, 0.3) is 0 Å². The zero-order chi connectivity index (χ0) is 19.5. The first kappa shape index (κ1) is 25.4. The number of esters is 1. The summed E-state index contributed by atoms with van der Waals surface area (Å²) in [6.07, 6.45) is 20.0. The monoisotopic (exact) mass is 371 g/mol. The molecule has 0 bridgehead atoms. The van der Waals surface area contributed by atoms with Gasteiger partial charge < -0.3 is 4.74 Å². The van der Waals surface area contributed by atoms with Crippen LogP contribution >= 0.6 is 0 Å². The zero-order valence-corrected chi connectivity index (χ0v) is 18.3. The van der Waals surface area contributed by atoms with Crippen LogP contribution in [0, 0.1) is 0 Å². The quantitative estimate of drug-likeness (QED) is 0.139.